The van der Waals surface area contributed by atoms with Gasteiger partial charge >= 0.3 is 0 Å². The average Bonchev–Trinajstić information content (AvgIpc) is 2.83. The van der Waals surface area contributed by atoms with Crippen molar-refractivity contribution < 1.29 is 9.59 Å². The van der Waals surface area contributed by atoms with Gasteiger partial charge in [-0.1, -0.05) is 19.3 Å². The number of carbonyl (C=O) groups is 2. The van der Waals surface area contributed by atoms with E-state index in [4.69, 9.17) is 0 Å². The summed E-state index contributed by atoms with van der Waals surface area (Å²) < 4.78 is 0. The Morgan fingerprint density at radius 2 is 1.50 bits per heavy atom. The van der Waals surface area contributed by atoms with E-state index < -0.39 is 0 Å². The lowest BCUT2D eigenvalue weighted by molar-refractivity contribution is -0.186. The standard InChI is InChI=1S/C24H28N4O2/c29-22(19-6-14-26-15-7-19)27-16-8-20(9-17-27)28-21(18-4-12-25-13-5-18)24(23(28)30)10-2-1-3-11-24/h4-7,12-15,20-21H,1-3,8-11,16-17H2. The van der Waals surface area contributed by atoms with Crippen LogP contribution in [0.5, 0.6) is 0 Å². The largest absolute Gasteiger partial charge is 0.338 e. The molecule has 156 valence electrons. The van der Waals surface area contributed by atoms with Crippen molar-refractivity contribution in [2.75, 3.05) is 13.1 Å². The van der Waals surface area contributed by atoms with Crippen LogP contribution >= 0.6 is 0 Å². The molecular weight excluding hydrogens is 376 g/mol. The molecule has 1 aliphatic carbocycles. The Balaban J connectivity index is 1.33. The summed E-state index contributed by atoms with van der Waals surface area (Å²) in [6.45, 7) is 1.37. The minimum absolute atomic E-state index is 0.0558. The van der Waals surface area contributed by atoms with Crippen LogP contribution in [-0.2, 0) is 4.79 Å². The fourth-order valence-electron chi connectivity index (χ4n) is 5.79. The number of piperidine rings is 1. The Morgan fingerprint density at radius 1 is 0.900 bits per heavy atom. The van der Waals surface area contributed by atoms with Crippen LogP contribution < -0.4 is 0 Å². The highest BCUT2D eigenvalue weighted by Gasteiger charge is 2.62. The summed E-state index contributed by atoms with van der Waals surface area (Å²) in [5, 5.41) is 0. The summed E-state index contributed by atoms with van der Waals surface area (Å²) in [5.74, 6) is 0.392. The summed E-state index contributed by atoms with van der Waals surface area (Å²) >= 11 is 0. The quantitative estimate of drug-likeness (QED) is 0.733. The fraction of sp³-hybridized carbons (Fsp3) is 0.500. The van der Waals surface area contributed by atoms with E-state index >= 15 is 0 Å². The van der Waals surface area contributed by atoms with Gasteiger partial charge in [-0.2, -0.15) is 0 Å². The topological polar surface area (TPSA) is 66.4 Å². The van der Waals surface area contributed by atoms with Gasteiger partial charge in [0.25, 0.3) is 5.91 Å². The number of nitrogens with zero attached hydrogens (tertiary/aromatic N) is 4. The number of carbonyl (C=O) groups excluding carboxylic acids is 2. The van der Waals surface area contributed by atoms with Gasteiger partial charge < -0.3 is 9.80 Å². The second kappa shape index (κ2) is 7.82. The van der Waals surface area contributed by atoms with E-state index in [2.05, 4.69) is 27.0 Å². The zero-order valence-corrected chi connectivity index (χ0v) is 17.2. The summed E-state index contributed by atoms with van der Waals surface area (Å²) in [5.41, 5.74) is 1.67. The maximum Gasteiger partial charge on any atom is 0.253 e. The lowest BCUT2D eigenvalue weighted by atomic mass is 9.59. The van der Waals surface area contributed by atoms with Gasteiger partial charge in [-0.05, 0) is 55.5 Å². The zero-order valence-electron chi connectivity index (χ0n) is 17.2. The number of hydrogen-bond acceptors (Lipinski definition) is 4. The molecular formula is C24H28N4O2. The SMILES string of the molecule is O=C(c1ccncc1)N1CCC(N2C(=O)C3(CCCCC3)C2c2ccncc2)CC1. The second-order valence-electron chi connectivity index (χ2n) is 8.87. The monoisotopic (exact) mass is 404 g/mol. The highest BCUT2D eigenvalue weighted by molar-refractivity contribution is 5.94. The maximum atomic E-state index is 13.5. The van der Waals surface area contributed by atoms with E-state index in [-0.39, 0.29) is 23.4 Å². The van der Waals surface area contributed by atoms with E-state index in [1.165, 1.54) is 12.0 Å². The molecule has 2 aromatic rings. The van der Waals surface area contributed by atoms with Crippen LogP contribution in [0.4, 0.5) is 0 Å². The minimum Gasteiger partial charge on any atom is -0.338 e. The van der Waals surface area contributed by atoms with Crippen molar-refractivity contribution in [2.24, 2.45) is 5.41 Å². The Labute approximate surface area is 177 Å². The number of pyridine rings is 2. The van der Waals surface area contributed by atoms with Crippen molar-refractivity contribution in [1.82, 2.24) is 19.8 Å². The molecule has 2 amide bonds. The molecule has 3 aliphatic rings. The fourth-order valence-corrected chi connectivity index (χ4v) is 5.79. The molecule has 1 saturated carbocycles. The van der Waals surface area contributed by atoms with Crippen molar-refractivity contribution in [3.8, 4) is 0 Å². The van der Waals surface area contributed by atoms with Crippen LogP contribution in [0.2, 0.25) is 0 Å². The van der Waals surface area contributed by atoms with Crippen molar-refractivity contribution in [1.29, 1.82) is 0 Å². The Bertz CT molecular complexity index is 903. The number of β-lactam (4-membered cyclic amide) rings is 1. The molecule has 2 saturated heterocycles. The highest BCUT2D eigenvalue weighted by Crippen LogP contribution is 2.59. The van der Waals surface area contributed by atoms with Gasteiger partial charge in [0.05, 0.1) is 11.5 Å². The molecule has 0 aromatic carbocycles. The first-order valence-electron chi connectivity index (χ1n) is 11.1. The smallest absolute Gasteiger partial charge is 0.253 e. The number of rotatable bonds is 3. The molecule has 3 fully saturated rings. The highest BCUT2D eigenvalue weighted by atomic mass is 16.2. The van der Waals surface area contributed by atoms with Crippen molar-refractivity contribution in [3.05, 3.63) is 60.2 Å². The van der Waals surface area contributed by atoms with Gasteiger partial charge in [0.2, 0.25) is 5.91 Å². The molecule has 4 heterocycles. The molecule has 2 aromatic heterocycles. The molecule has 1 spiro atoms. The predicted molar refractivity (Wildman–Crippen MR) is 113 cm³/mol. The summed E-state index contributed by atoms with van der Waals surface area (Å²) in [6.07, 6.45) is 14.1. The van der Waals surface area contributed by atoms with E-state index in [9.17, 15) is 9.59 Å². The minimum atomic E-state index is -0.219. The number of likely N-dealkylation sites (tertiary alicyclic amines) is 2. The number of hydrogen-bond donors (Lipinski definition) is 0. The molecule has 30 heavy (non-hydrogen) atoms. The lowest BCUT2D eigenvalue weighted by Gasteiger charge is -2.61. The van der Waals surface area contributed by atoms with E-state index in [0.717, 1.165) is 38.5 Å². The van der Waals surface area contributed by atoms with Crippen LogP contribution in [0.1, 0.15) is 66.9 Å². The summed E-state index contributed by atoms with van der Waals surface area (Å²) in [4.78, 5) is 38.5. The maximum absolute atomic E-state index is 13.5. The van der Waals surface area contributed by atoms with Crippen molar-refractivity contribution in [2.45, 2.75) is 57.0 Å². The van der Waals surface area contributed by atoms with Gasteiger partial charge in [-0.25, -0.2) is 0 Å². The predicted octanol–water partition coefficient (Wildman–Crippen LogP) is 3.62. The van der Waals surface area contributed by atoms with Crippen LogP contribution in [-0.4, -0.2) is 50.7 Å². The normalized spacial score (nSPS) is 24.0. The van der Waals surface area contributed by atoms with Crippen LogP contribution in [0.3, 0.4) is 0 Å². The molecule has 5 rings (SSSR count). The molecule has 1 atom stereocenters. The first kappa shape index (κ1) is 19.2. The molecule has 6 heteroatoms. The molecule has 2 aliphatic heterocycles. The van der Waals surface area contributed by atoms with Crippen LogP contribution in [0.25, 0.3) is 0 Å². The first-order chi connectivity index (χ1) is 14.7. The van der Waals surface area contributed by atoms with Crippen molar-refractivity contribution in [3.63, 3.8) is 0 Å². The Hall–Kier alpha value is -2.76. The van der Waals surface area contributed by atoms with Gasteiger partial charge in [0.1, 0.15) is 0 Å². The Kier molecular flexibility index (Phi) is 5.01. The van der Waals surface area contributed by atoms with Crippen molar-refractivity contribution >= 4 is 11.8 Å². The third-order valence-electron chi connectivity index (χ3n) is 7.30. The number of amides is 2. The van der Waals surface area contributed by atoms with E-state index in [1.807, 2.05) is 17.3 Å². The summed E-state index contributed by atoms with van der Waals surface area (Å²) in [6, 6.07) is 8.02. The third-order valence-corrected chi connectivity index (χ3v) is 7.30. The first-order valence-corrected chi connectivity index (χ1v) is 11.1. The average molecular weight is 405 g/mol. The van der Waals surface area contributed by atoms with E-state index in [1.54, 1.807) is 24.5 Å². The second-order valence-corrected chi connectivity index (χ2v) is 8.87. The molecule has 0 radical (unpaired) electrons. The summed E-state index contributed by atoms with van der Waals surface area (Å²) in [7, 11) is 0. The molecule has 1 unspecified atom stereocenters. The lowest BCUT2D eigenvalue weighted by Crippen LogP contribution is -2.67. The van der Waals surface area contributed by atoms with Crippen LogP contribution in [0.15, 0.2) is 49.1 Å². The van der Waals surface area contributed by atoms with E-state index in [0.29, 0.717) is 24.6 Å². The molecule has 0 bridgehead atoms. The molecule has 0 N–H and O–H groups in total. The Morgan fingerprint density at radius 3 is 2.13 bits per heavy atom. The molecule has 6 nitrogen and oxygen atoms in total. The van der Waals surface area contributed by atoms with Gasteiger partial charge in [-0.3, -0.25) is 19.6 Å². The van der Waals surface area contributed by atoms with Gasteiger partial charge in [0.15, 0.2) is 0 Å². The third kappa shape index (κ3) is 3.09. The zero-order chi connectivity index (χ0) is 20.6. The van der Waals surface area contributed by atoms with Gasteiger partial charge in [-0.15, -0.1) is 0 Å². The van der Waals surface area contributed by atoms with Crippen LogP contribution in [0, 0.1) is 5.41 Å². The van der Waals surface area contributed by atoms with Gasteiger partial charge in [0, 0.05) is 49.5 Å². The number of aromatic nitrogens is 2.